The quantitative estimate of drug-likeness (QED) is 0.419. The lowest BCUT2D eigenvalue weighted by Gasteiger charge is -2.22. The molecule has 0 radical (unpaired) electrons. The number of halogens is 1. The zero-order valence-corrected chi connectivity index (χ0v) is 24.9. The molecule has 1 unspecified atom stereocenters. The number of carbonyl (C=O) groups is 2. The summed E-state index contributed by atoms with van der Waals surface area (Å²) in [6, 6.07) is 15.5. The van der Waals surface area contributed by atoms with E-state index < -0.39 is 6.04 Å². The molecule has 0 spiro atoms. The average Bonchev–Trinajstić information content (AvgIpc) is 2.92. The molecule has 1 aliphatic rings. The molecule has 0 saturated heterocycles. The van der Waals surface area contributed by atoms with Crippen molar-refractivity contribution in [3.05, 3.63) is 78.3 Å². The summed E-state index contributed by atoms with van der Waals surface area (Å²) < 4.78 is 17.9. The fourth-order valence-electron chi connectivity index (χ4n) is 3.67. The predicted molar refractivity (Wildman–Crippen MR) is 162 cm³/mol. The van der Waals surface area contributed by atoms with Crippen molar-refractivity contribution in [3.63, 3.8) is 0 Å². The van der Waals surface area contributed by atoms with E-state index in [1.54, 1.807) is 18.2 Å². The second-order valence-corrected chi connectivity index (χ2v) is 10.3. The highest BCUT2D eigenvalue weighted by molar-refractivity contribution is 5.88. The van der Waals surface area contributed by atoms with Crippen LogP contribution in [0.4, 0.5) is 4.39 Å². The molecule has 0 aliphatic carbocycles. The molecular formula is C32H49FN4O3. The van der Waals surface area contributed by atoms with Crippen LogP contribution in [0.2, 0.25) is 0 Å². The number of fused-ring (bicyclic) bond motifs is 1. The number of para-hydroxylation sites is 1. The molecule has 0 bridgehead atoms. The summed E-state index contributed by atoms with van der Waals surface area (Å²) in [6.45, 7) is 16.0. The van der Waals surface area contributed by atoms with Crippen LogP contribution in [0, 0.1) is 11.7 Å². The van der Waals surface area contributed by atoms with E-state index in [4.69, 9.17) is 4.74 Å². The summed E-state index contributed by atoms with van der Waals surface area (Å²) in [6.07, 6.45) is 3.44. The Balaban J connectivity index is 0.000000673. The maximum absolute atomic E-state index is 12.6. The monoisotopic (exact) mass is 556 g/mol. The van der Waals surface area contributed by atoms with Crippen LogP contribution in [0.5, 0.6) is 5.75 Å². The third kappa shape index (κ3) is 15.9. The van der Waals surface area contributed by atoms with Crippen LogP contribution in [-0.4, -0.2) is 50.1 Å². The molecule has 1 heterocycles. The van der Waals surface area contributed by atoms with E-state index in [2.05, 4.69) is 47.8 Å². The Morgan fingerprint density at radius 3 is 2.27 bits per heavy atom. The molecule has 2 amide bonds. The minimum atomic E-state index is -0.541. The van der Waals surface area contributed by atoms with Crippen molar-refractivity contribution in [1.82, 2.24) is 21.3 Å². The zero-order valence-electron chi connectivity index (χ0n) is 24.9. The van der Waals surface area contributed by atoms with Crippen LogP contribution in [0.15, 0.2) is 66.9 Å². The Hall–Kier alpha value is -3.39. The Morgan fingerprint density at radius 1 is 1.00 bits per heavy atom. The Labute approximate surface area is 240 Å². The van der Waals surface area contributed by atoms with E-state index in [-0.39, 0.29) is 36.1 Å². The van der Waals surface area contributed by atoms with Crippen molar-refractivity contribution in [2.45, 2.75) is 72.4 Å². The summed E-state index contributed by atoms with van der Waals surface area (Å²) in [4.78, 5) is 25.0. The third-order valence-electron chi connectivity index (χ3n) is 5.64. The van der Waals surface area contributed by atoms with Crippen molar-refractivity contribution in [1.29, 1.82) is 0 Å². The number of rotatable bonds is 2. The van der Waals surface area contributed by atoms with Gasteiger partial charge in [0.1, 0.15) is 24.2 Å². The van der Waals surface area contributed by atoms with Gasteiger partial charge in [0.25, 0.3) is 0 Å². The summed E-state index contributed by atoms with van der Waals surface area (Å²) in [5, 5.41) is 12.2. The lowest BCUT2D eigenvalue weighted by atomic mass is 10.0. The maximum atomic E-state index is 12.6. The minimum Gasteiger partial charge on any atom is -0.492 e. The first-order chi connectivity index (χ1) is 19.2. The lowest BCUT2D eigenvalue weighted by molar-refractivity contribution is -0.128. The van der Waals surface area contributed by atoms with Gasteiger partial charge in [-0.05, 0) is 55.9 Å². The van der Waals surface area contributed by atoms with Crippen molar-refractivity contribution >= 4 is 11.8 Å². The summed E-state index contributed by atoms with van der Waals surface area (Å²) in [5.74, 6) is 0.625. The molecule has 2 atom stereocenters. The van der Waals surface area contributed by atoms with Gasteiger partial charge < -0.3 is 26.0 Å². The van der Waals surface area contributed by atoms with Gasteiger partial charge in [0, 0.05) is 24.8 Å². The number of amides is 2. The van der Waals surface area contributed by atoms with Crippen LogP contribution in [0.3, 0.4) is 0 Å². The van der Waals surface area contributed by atoms with E-state index in [1.807, 2.05) is 39.0 Å². The van der Waals surface area contributed by atoms with Crippen LogP contribution < -0.4 is 26.0 Å². The van der Waals surface area contributed by atoms with E-state index in [1.165, 1.54) is 18.6 Å². The molecule has 0 saturated carbocycles. The standard InChI is InChI=1S/C23H36N4O3.C6H5F.C3H8/c1-16(2)12-20-23(29)24-11-7-9-19-8-5-6-10-21(19)30-15-18(4)25-13-17(3)26-14-22(28)27-20;7-6-4-2-1-3-5-6;1-3-2/h5-6,8,10,16,18,20,25-26H,3,7,9,11-15H2,1-2,4H3,(H,24,29)(H,27,28);1-5H;3H2,1-2H3/t18-,20?;;/m0../s1. The molecular weight excluding hydrogens is 507 g/mol. The smallest absolute Gasteiger partial charge is 0.242 e. The number of hydrogen-bond acceptors (Lipinski definition) is 5. The van der Waals surface area contributed by atoms with Crippen molar-refractivity contribution in [2.24, 2.45) is 5.92 Å². The molecule has 222 valence electrons. The van der Waals surface area contributed by atoms with Gasteiger partial charge >= 0.3 is 0 Å². The minimum absolute atomic E-state index is 0.0840. The highest BCUT2D eigenvalue weighted by Gasteiger charge is 2.21. The first-order valence-electron chi connectivity index (χ1n) is 14.3. The van der Waals surface area contributed by atoms with Gasteiger partial charge in [-0.15, -0.1) is 0 Å². The molecule has 2 aromatic rings. The normalized spacial score (nSPS) is 18.9. The molecule has 2 aromatic carbocycles. The number of aryl methyl sites for hydroxylation is 1. The molecule has 0 aromatic heterocycles. The van der Waals surface area contributed by atoms with Crippen LogP contribution in [0.25, 0.3) is 0 Å². The number of carbonyl (C=O) groups excluding carboxylic acids is 2. The zero-order chi connectivity index (χ0) is 29.8. The van der Waals surface area contributed by atoms with Gasteiger partial charge in [-0.1, -0.05) is 77.1 Å². The van der Waals surface area contributed by atoms with E-state index >= 15 is 0 Å². The topological polar surface area (TPSA) is 91.5 Å². The number of hydrogen-bond donors (Lipinski definition) is 4. The van der Waals surface area contributed by atoms with Crippen LogP contribution in [0.1, 0.15) is 59.4 Å². The second kappa shape index (κ2) is 20.5. The van der Waals surface area contributed by atoms with E-state index in [0.29, 0.717) is 31.8 Å². The van der Waals surface area contributed by atoms with Gasteiger partial charge in [-0.2, -0.15) is 0 Å². The number of ether oxygens (including phenoxy) is 1. The predicted octanol–water partition coefficient (Wildman–Crippen LogP) is 4.98. The van der Waals surface area contributed by atoms with Crippen LogP contribution in [-0.2, 0) is 16.0 Å². The Kier molecular flexibility index (Phi) is 17.8. The maximum Gasteiger partial charge on any atom is 0.242 e. The van der Waals surface area contributed by atoms with Gasteiger partial charge in [0.05, 0.1) is 6.54 Å². The van der Waals surface area contributed by atoms with Crippen molar-refractivity contribution in [2.75, 3.05) is 26.2 Å². The molecule has 3 rings (SSSR count). The number of benzene rings is 2. The molecule has 1 aliphatic heterocycles. The van der Waals surface area contributed by atoms with E-state index in [0.717, 1.165) is 24.2 Å². The summed E-state index contributed by atoms with van der Waals surface area (Å²) >= 11 is 0. The van der Waals surface area contributed by atoms with Crippen molar-refractivity contribution in [3.8, 4) is 5.75 Å². The highest BCUT2D eigenvalue weighted by Crippen LogP contribution is 2.19. The fraction of sp³-hybridized carbons (Fsp3) is 0.500. The van der Waals surface area contributed by atoms with Gasteiger partial charge in [-0.25, -0.2) is 4.39 Å². The van der Waals surface area contributed by atoms with Crippen LogP contribution >= 0.6 is 0 Å². The summed E-state index contributed by atoms with van der Waals surface area (Å²) in [7, 11) is 0. The van der Waals surface area contributed by atoms with E-state index in [9.17, 15) is 14.0 Å². The summed E-state index contributed by atoms with van der Waals surface area (Å²) in [5.41, 5.74) is 1.83. The molecule has 8 heteroatoms. The molecule has 40 heavy (non-hydrogen) atoms. The third-order valence-corrected chi connectivity index (χ3v) is 5.64. The second-order valence-electron chi connectivity index (χ2n) is 10.3. The largest absolute Gasteiger partial charge is 0.492 e. The highest BCUT2D eigenvalue weighted by atomic mass is 19.1. The lowest BCUT2D eigenvalue weighted by Crippen LogP contribution is -2.50. The van der Waals surface area contributed by atoms with Gasteiger partial charge in [-0.3, -0.25) is 9.59 Å². The SMILES string of the molecule is C=C1CN[C@@H](C)COc2ccccc2CCCNC(=O)C(CC(C)C)NC(=O)CN1.CCC.Fc1ccccc1. The Morgan fingerprint density at radius 2 is 1.65 bits per heavy atom. The van der Waals surface area contributed by atoms with Gasteiger partial charge in [0.2, 0.25) is 11.8 Å². The fourth-order valence-corrected chi connectivity index (χ4v) is 3.67. The molecule has 4 N–H and O–H groups in total. The molecule has 7 nitrogen and oxygen atoms in total. The van der Waals surface area contributed by atoms with Gasteiger partial charge in [0.15, 0.2) is 0 Å². The first kappa shape index (κ1) is 34.6. The molecule has 0 fully saturated rings. The first-order valence-corrected chi connectivity index (χ1v) is 14.3. The average molecular weight is 557 g/mol. The Bertz CT molecular complexity index is 1000. The number of nitrogens with one attached hydrogen (secondary N) is 4. The van der Waals surface area contributed by atoms with Crippen molar-refractivity contribution < 1.29 is 18.7 Å².